The lowest BCUT2D eigenvalue weighted by Gasteiger charge is -2.32. The van der Waals surface area contributed by atoms with E-state index in [1.54, 1.807) is 0 Å². The van der Waals surface area contributed by atoms with Gasteiger partial charge in [-0.15, -0.1) is 0 Å². The number of amides is 1. The molecule has 0 saturated heterocycles. The molecule has 0 fully saturated rings. The molecular formula is C24H27F3N4O3. The van der Waals surface area contributed by atoms with Gasteiger partial charge in [0.2, 0.25) is 5.91 Å². The van der Waals surface area contributed by atoms with Crippen LogP contribution in [0.2, 0.25) is 0 Å². The van der Waals surface area contributed by atoms with Crippen LogP contribution >= 0.6 is 0 Å². The molecule has 0 bridgehead atoms. The Morgan fingerprint density at radius 1 is 1.18 bits per heavy atom. The van der Waals surface area contributed by atoms with Gasteiger partial charge in [-0.05, 0) is 30.2 Å². The highest BCUT2D eigenvalue weighted by Crippen LogP contribution is 2.30. The van der Waals surface area contributed by atoms with Crippen molar-refractivity contribution in [2.24, 2.45) is 7.05 Å². The molecule has 1 aliphatic rings. The smallest absolute Gasteiger partial charge is 0.475 e. The van der Waals surface area contributed by atoms with Crippen LogP contribution in [0, 0.1) is 0 Å². The van der Waals surface area contributed by atoms with Crippen LogP contribution in [0.4, 0.5) is 13.2 Å². The number of benzene rings is 2. The van der Waals surface area contributed by atoms with Gasteiger partial charge in [0.15, 0.2) is 0 Å². The standard InChI is InChI=1S/C22H26N4O.C2HF3O2/c1-15(2)24-22(27)19-12-26(13-20-21(19)25(3)14-23-20)11-17-9-6-8-16-7-4-5-10-18(16)17;3-2(4,5)1(6)7/h4-10,14-15,19H,11-13H2,1-3H3,(H,24,27);(H,6,7). The summed E-state index contributed by atoms with van der Waals surface area (Å²) in [6.07, 6.45) is -3.26. The molecule has 1 aliphatic heterocycles. The van der Waals surface area contributed by atoms with Gasteiger partial charge in [-0.25, -0.2) is 9.78 Å². The molecule has 0 aliphatic carbocycles. The lowest BCUT2D eigenvalue weighted by molar-refractivity contribution is -0.192. The van der Waals surface area contributed by atoms with Crippen LogP contribution in [0.25, 0.3) is 10.8 Å². The summed E-state index contributed by atoms with van der Waals surface area (Å²) in [5.74, 6) is -2.87. The average molecular weight is 476 g/mol. The molecule has 3 aromatic rings. The van der Waals surface area contributed by atoms with E-state index in [-0.39, 0.29) is 17.9 Å². The molecule has 0 radical (unpaired) electrons. The van der Waals surface area contributed by atoms with Crippen molar-refractivity contribution in [2.45, 2.75) is 45.1 Å². The van der Waals surface area contributed by atoms with Gasteiger partial charge >= 0.3 is 12.1 Å². The van der Waals surface area contributed by atoms with E-state index in [1.165, 1.54) is 16.3 Å². The molecule has 34 heavy (non-hydrogen) atoms. The molecule has 4 rings (SSSR count). The van der Waals surface area contributed by atoms with Gasteiger partial charge in [-0.3, -0.25) is 9.69 Å². The minimum Gasteiger partial charge on any atom is -0.475 e. The second-order valence-electron chi connectivity index (χ2n) is 8.51. The molecule has 1 unspecified atom stereocenters. The number of alkyl halides is 3. The van der Waals surface area contributed by atoms with Crippen LogP contribution in [-0.2, 0) is 29.7 Å². The molecular weight excluding hydrogens is 449 g/mol. The first kappa shape index (κ1) is 25.2. The molecule has 0 saturated carbocycles. The van der Waals surface area contributed by atoms with Gasteiger partial charge in [-0.2, -0.15) is 13.2 Å². The molecule has 182 valence electrons. The third-order valence-electron chi connectivity index (χ3n) is 5.47. The quantitative estimate of drug-likeness (QED) is 0.598. The Morgan fingerprint density at radius 3 is 2.47 bits per heavy atom. The summed E-state index contributed by atoms with van der Waals surface area (Å²) in [5, 5.41) is 12.7. The Kier molecular flexibility index (Phi) is 7.61. The fraction of sp³-hybridized carbons (Fsp3) is 0.375. The van der Waals surface area contributed by atoms with Crippen molar-refractivity contribution in [3.05, 3.63) is 65.7 Å². The van der Waals surface area contributed by atoms with E-state index in [9.17, 15) is 18.0 Å². The minimum absolute atomic E-state index is 0.0810. The topological polar surface area (TPSA) is 87.5 Å². The predicted molar refractivity (Wildman–Crippen MR) is 121 cm³/mol. The first-order chi connectivity index (χ1) is 16.0. The summed E-state index contributed by atoms with van der Waals surface area (Å²) in [5.41, 5.74) is 3.34. The van der Waals surface area contributed by atoms with Gasteiger partial charge in [0.1, 0.15) is 0 Å². The van der Waals surface area contributed by atoms with Gasteiger partial charge in [0, 0.05) is 32.7 Å². The van der Waals surface area contributed by atoms with Crippen molar-refractivity contribution >= 4 is 22.6 Å². The van der Waals surface area contributed by atoms with E-state index in [4.69, 9.17) is 9.90 Å². The summed E-state index contributed by atoms with van der Waals surface area (Å²) in [4.78, 5) is 28.6. The van der Waals surface area contributed by atoms with Crippen molar-refractivity contribution in [2.75, 3.05) is 6.54 Å². The van der Waals surface area contributed by atoms with Gasteiger partial charge in [0.05, 0.1) is 23.6 Å². The predicted octanol–water partition coefficient (Wildman–Crippen LogP) is 3.83. The zero-order valence-electron chi connectivity index (χ0n) is 19.1. The van der Waals surface area contributed by atoms with Crippen LogP contribution in [0.5, 0.6) is 0 Å². The second kappa shape index (κ2) is 10.3. The molecule has 2 N–H and O–H groups in total. The number of carboxylic acid groups (broad SMARTS) is 1. The number of hydrogen-bond donors (Lipinski definition) is 2. The maximum Gasteiger partial charge on any atom is 0.490 e. The van der Waals surface area contributed by atoms with Gasteiger partial charge in [0.25, 0.3) is 0 Å². The highest BCUT2D eigenvalue weighted by atomic mass is 19.4. The Balaban J connectivity index is 0.000000406. The number of imidazole rings is 1. The Labute approximate surface area is 195 Å². The number of aromatic nitrogens is 2. The number of rotatable bonds is 4. The van der Waals surface area contributed by atoms with E-state index in [0.717, 1.165) is 24.5 Å². The zero-order chi connectivity index (χ0) is 25.0. The van der Waals surface area contributed by atoms with Crippen molar-refractivity contribution in [3.63, 3.8) is 0 Å². The SMILES string of the molecule is CC(C)NC(=O)C1CN(Cc2cccc3ccccc23)Cc2ncn(C)c21.O=C(O)C(F)(F)F. The fourth-order valence-corrected chi connectivity index (χ4v) is 4.06. The van der Waals surface area contributed by atoms with Crippen molar-refractivity contribution < 1.29 is 27.9 Å². The number of aliphatic carboxylic acids is 1. The lowest BCUT2D eigenvalue weighted by Crippen LogP contribution is -2.43. The zero-order valence-corrected chi connectivity index (χ0v) is 19.1. The van der Waals surface area contributed by atoms with E-state index in [1.807, 2.05) is 31.8 Å². The normalized spacial score (nSPS) is 16.0. The molecule has 1 aromatic heterocycles. The summed E-state index contributed by atoms with van der Waals surface area (Å²) in [6, 6.07) is 15.0. The summed E-state index contributed by atoms with van der Waals surface area (Å²) < 4.78 is 33.7. The maximum absolute atomic E-state index is 12.9. The van der Waals surface area contributed by atoms with Crippen LogP contribution in [-0.4, -0.2) is 50.2 Å². The Morgan fingerprint density at radius 2 is 1.82 bits per heavy atom. The molecule has 2 aromatic carbocycles. The first-order valence-corrected chi connectivity index (χ1v) is 10.8. The molecule has 2 heterocycles. The Hall–Kier alpha value is -3.40. The van der Waals surface area contributed by atoms with Crippen LogP contribution in [0.1, 0.15) is 36.7 Å². The number of carbonyl (C=O) groups is 2. The number of aryl methyl sites for hydroxylation is 1. The van der Waals surface area contributed by atoms with E-state index in [0.29, 0.717) is 6.54 Å². The van der Waals surface area contributed by atoms with Crippen molar-refractivity contribution in [3.8, 4) is 0 Å². The third kappa shape index (κ3) is 5.93. The number of nitrogens with zero attached hydrogens (tertiary/aromatic N) is 3. The number of carboxylic acids is 1. The first-order valence-electron chi connectivity index (χ1n) is 10.8. The maximum atomic E-state index is 12.9. The monoisotopic (exact) mass is 476 g/mol. The van der Waals surface area contributed by atoms with Gasteiger partial charge < -0.3 is 15.0 Å². The Bertz CT molecular complexity index is 1170. The fourth-order valence-electron chi connectivity index (χ4n) is 4.06. The van der Waals surface area contributed by atoms with Crippen LogP contribution < -0.4 is 5.32 Å². The minimum atomic E-state index is -5.08. The molecule has 1 amide bonds. The highest BCUT2D eigenvalue weighted by Gasteiger charge is 2.38. The van der Waals surface area contributed by atoms with Gasteiger partial charge in [-0.1, -0.05) is 42.5 Å². The molecule has 10 heteroatoms. The highest BCUT2D eigenvalue weighted by molar-refractivity contribution is 5.86. The van der Waals surface area contributed by atoms with E-state index in [2.05, 4.69) is 57.7 Å². The van der Waals surface area contributed by atoms with Crippen LogP contribution in [0.3, 0.4) is 0 Å². The van der Waals surface area contributed by atoms with E-state index < -0.39 is 12.1 Å². The third-order valence-corrected chi connectivity index (χ3v) is 5.47. The summed E-state index contributed by atoms with van der Waals surface area (Å²) >= 11 is 0. The second-order valence-corrected chi connectivity index (χ2v) is 8.51. The average Bonchev–Trinajstić information content (AvgIpc) is 3.13. The van der Waals surface area contributed by atoms with Crippen LogP contribution in [0.15, 0.2) is 48.8 Å². The summed E-state index contributed by atoms with van der Waals surface area (Å²) in [7, 11) is 1.97. The number of halogens is 3. The van der Waals surface area contributed by atoms with E-state index >= 15 is 0 Å². The number of carbonyl (C=O) groups excluding carboxylic acids is 1. The largest absolute Gasteiger partial charge is 0.490 e. The number of hydrogen-bond acceptors (Lipinski definition) is 4. The van der Waals surface area contributed by atoms with Crippen molar-refractivity contribution in [1.29, 1.82) is 0 Å². The molecule has 0 spiro atoms. The number of nitrogens with one attached hydrogen (secondary N) is 1. The van der Waals surface area contributed by atoms with Crippen molar-refractivity contribution in [1.82, 2.24) is 19.8 Å². The molecule has 7 nitrogen and oxygen atoms in total. The molecule has 1 atom stereocenters. The number of fused-ring (bicyclic) bond motifs is 2. The summed E-state index contributed by atoms with van der Waals surface area (Å²) in [6.45, 7) is 6.28. The lowest BCUT2D eigenvalue weighted by atomic mass is 9.95.